The molecule has 20 heavy (non-hydrogen) atoms. The third-order valence-electron chi connectivity index (χ3n) is 3.87. The molecule has 3 unspecified atom stereocenters. The molecule has 0 radical (unpaired) electrons. The van der Waals surface area contributed by atoms with Gasteiger partial charge in [-0.15, -0.1) is 0 Å². The Labute approximate surface area is 118 Å². The highest BCUT2D eigenvalue weighted by atomic mass is 32.2. The van der Waals surface area contributed by atoms with E-state index in [1.165, 1.54) is 23.9 Å². The lowest BCUT2D eigenvalue weighted by Crippen LogP contribution is -2.42. The molecule has 1 fully saturated rings. The van der Waals surface area contributed by atoms with E-state index in [4.69, 9.17) is 10.5 Å². The summed E-state index contributed by atoms with van der Waals surface area (Å²) >= 11 is 1.28. The zero-order valence-electron chi connectivity index (χ0n) is 10.5. The Morgan fingerprint density at radius 2 is 2.25 bits per heavy atom. The molecule has 3 atom stereocenters. The molecule has 3 rings (SSSR count). The molecule has 2 heterocycles. The second kappa shape index (κ2) is 4.96. The van der Waals surface area contributed by atoms with Gasteiger partial charge >= 0.3 is 0 Å². The lowest BCUT2D eigenvalue weighted by atomic mass is 9.79. The number of hydrogen-bond acceptors (Lipinski definition) is 4. The van der Waals surface area contributed by atoms with Crippen molar-refractivity contribution in [2.45, 2.75) is 11.6 Å². The van der Waals surface area contributed by atoms with Gasteiger partial charge in [-0.1, -0.05) is 23.9 Å². The van der Waals surface area contributed by atoms with Crippen LogP contribution >= 0.6 is 11.8 Å². The predicted molar refractivity (Wildman–Crippen MR) is 71.3 cm³/mol. The largest absolute Gasteiger partial charge is 0.379 e. The smallest absolute Gasteiger partial charge is 0.164 e. The molecule has 2 aliphatic rings. The van der Waals surface area contributed by atoms with Crippen LogP contribution < -0.4 is 5.73 Å². The van der Waals surface area contributed by atoms with E-state index in [2.05, 4.69) is 4.99 Å². The summed E-state index contributed by atoms with van der Waals surface area (Å²) in [5, 5.41) is 0.285. The van der Waals surface area contributed by atoms with E-state index in [0.29, 0.717) is 5.75 Å². The van der Waals surface area contributed by atoms with Crippen molar-refractivity contribution in [1.82, 2.24) is 0 Å². The van der Waals surface area contributed by atoms with Crippen LogP contribution in [0.4, 0.5) is 13.2 Å². The number of aliphatic imine (C=N–C) groups is 1. The first-order chi connectivity index (χ1) is 9.58. The van der Waals surface area contributed by atoms with Crippen LogP contribution in [0.1, 0.15) is 5.56 Å². The molecular formula is C13H13F3N2OS. The highest BCUT2D eigenvalue weighted by Crippen LogP contribution is 2.48. The summed E-state index contributed by atoms with van der Waals surface area (Å²) in [6, 6.07) is 3.91. The Balaban J connectivity index is 2.16. The van der Waals surface area contributed by atoms with Crippen LogP contribution in [0.5, 0.6) is 0 Å². The second-order valence-electron chi connectivity index (χ2n) is 4.90. The van der Waals surface area contributed by atoms with E-state index in [1.54, 1.807) is 0 Å². The van der Waals surface area contributed by atoms with Gasteiger partial charge in [0.05, 0.1) is 12.7 Å². The average Bonchev–Trinajstić information content (AvgIpc) is 2.80. The highest BCUT2D eigenvalue weighted by molar-refractivity contribution is 8.13. The summed E-state index contributed by atoms with van der Waals surface area (Å²) in [6.07, 6.45) is -0.665. The quantitative estimate of drug-likeness (QED) is 0.911. The van der Waals surface area contributed by atoms with Crippen LogP contribution in [0.3, 0.4) is 0 Å². The lowest BCUT2D eigenvalue weighted by molar-refractivity contribution is 0.0721. The SMILES string of the molecule is NC1=NC2(c3cccc(F)c3F)COC(CF)C2CS1. The summed E-state index contributed by atoms with van der Waals surface area (Å²) < 4.78 is 46.1. The van der Waals surface area contributed by atoms with Gasteiger partial charge in [0.1, 0.15) is 12.2 Å². The number of fused-ring (bicyclic) bond motifs is 1. The maximum atomic E-state index is 14.1. The van der Waals surface area contributed by atoms with Crippen molar-refractivity contribution in [2.75, 3.05) is 19.0 Å². The normalized spacial score (nSPS) is 32.9. The van der Waals surface area contributed by atoms with Crippen molar-refractivity contribution >= 4 is 16.9 Å². The second-order valence-corrected chi connectivity index (χ2v) is 5.94. The summed E-state index contributed by atoms with van der Waals surface area (Å²) in [5.41, 5.74) is 4.69. The number of rotatable bonds is 2. The maximum Gasteiger partial charge on any atom is 0.164 e. The standard InChI is InChI=1S/C13H13F3N2OS/c14-4-10-8-5-20-12(17)18-13(8,6-19-10)7-2-1-3-9(15)11(7)16/h1-3,8,10H,4-6H2,(H2,17,18). The van der Waals surface area contributed by atoms with Crippen LogP contribution in [0.25, 0.3) is 0 Å². The first-order valence-corrected chi connectivity index (χ1v) is 7.17. The molecule has 1 saturated heterocycles. The fourth-order valence-electron chi connectivity index (χ4n) is 2.86. The number of amidine groups is 1. The number of halogens is 3. The van der Waals surface area contributed by atoms with Gasteiger partial charge in [-0.2, -0.15) is 0 Å². The Morgan fingerprint density at radius 1 is 1.45 bits per heavy atom. The number of thioether (sulfide) groups is 1. The van der Waals surface area contributed by atoms with Gasteiger partial charge in [-0.05, 0) is 6.07 Å². The molecule has 7 heteroatoms. The van der Waals surface area contributed by atoms with Crippen LogP contribution in [0.2, 0.25) is 0 Å². The number of benzene rings is 1. The van der Waals surface area contributed by atoms with E-state index < -0.39 is 30.0 Å². The molecular weight excluding hydrogens is 289 g/mol. The first kappa shape index (κ1) is 13.8. The first-order valence-electron chi connectivity index (χ1n) is 6.18. The van der Waals surface area contributed by atoms with Crippen molar-refractivity contribution in [2.24, 2.45) is 16.6 Å². The van der Waals surface area contributed by atoms with Crippen LogP contribution in [0, 0.1) is 17.6 Å². The molecule has 0 aliphatic carbocycles. The molecule has 0 bridgehead atoms. The molecule has 0 aromatic heterocycles. The molecule has 3 nitrogen and oxygen atoms in total. The summed E-state index contributed by atoms with van der Waals surface area (Å²) in [4.78, 5) is 4.31. The van der Waals surface area contributed by atoms with Crippen molar-refractivity contribution in [3.8, 4) is 0 Å². The lowest BCUT2D eigenvalue weighted by Gasteiger charge is -2.35. The zero-order valence-corrected chi connectivity index (χ0v) is 11.3. The van der Waals surface area contributed by atoms with Crippen molar-refractivity contribution < 1.29 is 17.9 Å². The Kier molecular flexibility index (Phi) is 3.41. The van der Waals surface area contributed by atoms with Crippen LogP contribution in [0.15, 0.2) is 23.2 Å². The molecule has 2 aliphatic heterocycles. The molecule has 108 valence electrons. The van der Waals surface area contributed by atoms with Gasteiger partial charge in [-0.3, -0.25) is 0 Å². The van der Waals surface area contributed by atoms with E-state index >= 15 is 0 Å². The van der Waals surface area contributed by atoms with Gasteiger partial charge in [0.15, 0.2) is 16.8 Å². The number of nitrogens with zero attached hydrogens (tertiary/aromatic N) is 1. The Hall–Kier alpha value is -1.21. The minimum absolute atomic E-state index is 0.00782. The van der Waals surface area contributed by atoms with E-state index in [9.17, 15) is 13.2 Å². The predicted octanol–water partition coefficient (Wildman–Crippen LogP) is 2.21. The number of ether oxygens (including phenoxy) is 1. The van der Waals surface area contributed by atoms with Crippen molar-refractivity contribution in [1.29, 1.82) is 0 Å². The van der Waals surface area contributed by atoms with Gasteiger partial charge in [0.2, 0.25) is 0 Å². The summed E-state index contributed by atoms with van der Waals surface area (Å²) in [6.45, 7) is -0.673. The number of nitrogens with two attached hydrogens (primary N) is 1. The topological polar surface area (TPSA) is 47.6 Å². The fraction of sp³-hybridized carbons (Fsp3) is 0.462. The molecule has 0 amide bonds. The summed E-state index contributed by atoms with van der Waals surface area (Å²) in [7, 11) is 0. The minimum atomic E-state index is -1.13. The van der Waals surface area contributed by atoms with Crippen molar-refractivity contribution in [3.05, 3.63) is 35.4 Å². The number of hydrogen-bond donors (Lipinski definition) is 1. The van der Waals surface area contributed by atoms with Gasteiger partial charge in [-0.25, -0.2) is 18.2 Å². The third-order valence-corrected chi connectivity index (χ3v) is 4.78. The molecule has 2 N–H and O–H groups in total. The molecule has 0 spiro atoms. The summed E-state index contributed by atoms with van der Waals surface area (Å²) in [5.74, 6) is -1.81. The average molecular weight is 302 g/mol. The van der Waals surface area contributed by atoms with Crippen molar-refractivity contribution in [3.63, 3.8) is 0 Å². The van der Waals surface area contributed by atoms with Gasteiger partial charge in [0, 0.05) is 17.2 Å². The minimum Gasteiger partial charge on any atom is -0.379 e. The maximum absolute atomic E-state index is 14.1. The van der Waals surface area contributed by atoms with E-state index in [0.717, 1.165) is 6.07 Å². The van der Waals surface area contributed by atoms with Crippen LogP contribution in [-0.4, -0.2) is 30.3 Å². The van der Waals surface area contributed by atoms with Gasteiger partial charge < -0.3 is 10.5 Å². The zero-order chi connectivity index (χ0) is 14.3. The van der Waals surface area contributed by atoms with Crippen LogP contribution in [-0.2, 0) is 10.3 Å². The Morgan fingerprint density at radius 3 is 3.00 bits per heavy atom. The van der Waals surface area contributed by atoms with E-state index in [-0.39, 0.29) is 23.3 Å². The monoisotopic (exact) mass is 302 g/mol. The van der Waals surface area contributed by atoms with Gasteiger partial charge in [0.25, 0.3) is 0 Å². The third kappa shape index (κ3) is 1.91. The number of alkyl halides is 1. The molecule has 1 aromatic carbocycles. The Bertz CT molecular complexity index is 569. The van der Waals surface area contributed by atoms with E-state index in [1.807, 2.05) is 0 Å². The molecule has 1 aromatic rings. The molecule has 0 saturated carbocycles. The fourth-order valence-corrected chi connectivity index (χ4v) is 3.93. The highest BCUT2D eigenvalue weighted by Gasteiger charge is 2.54.